The molecule has 0 saturated carbocycles. The van der Waals surface area contributed by atoms with Crippen molar-refractivity contribution in [3.8, 4) is 5.75 Å². The molecule has 1 aromatic rings. The molecule has 1 aliphatic heterocycles. The molecule has 1 fully saturated rings. The smallest absolute Gasteiger partial charge is 0.253 e. The minimum atomic E-state index is -2.98. The number of carbonyl (C=O) groups excluding carboxylic acids is 1. The molecule has 0 N–H and O–H groups in total. The van der Waals surface area contributed by atoms with Crippen molar-refractivity contribution in [1.82, 2.24) is 4.90 Å². The van der Waals surface area contributed by atoms with Crippen LogP contribution in [0.1, 0.15) is 16.8 Å². The average Bonchev–Trinajstić information content (AvgIpc) is 2.77. The SMILES string of the molecule is COc1ccc(C(=O)N(C)C2CCS(=O)(=O)C2)cc1. The van der Waals surface area contributed by atoms with Crippen molar-refractivity contribution in [1.29, 1.82) is 0 Å². The number of hydrogen-bond acceptors (Lipinski definition) is 4. The van der Waals surface area contributed by atoms with Crippen molar-refractivity contribution in [3.05, 3.63) is 29.8 Å². The van der Waals surface area contributed by atoms with E-state index in [0.717, 1.165) is 0 Å². The van der Waals surface area contributed by atoms with Gasteiger partial charge in [-0.1, -0.05) is 0 Å². The van der Waals surface area contributed by atoms with Gasteiger partial charge in [0, 0.05) is 18.7 Å². The third-order valence-electron chi connectivity index (χ3n) is 3.41. The molecule has 1 aliphatic rings. The van der Waals surface area contributed by atoms with Crippen LogP contribution in [0.15, 0.2) is 24.3 Å². The van der Waals surface area contributed by atoms with Crippen molar-refractivity contribution in [3.63, 3.8) is 0 Å². The number of sulfone groups is 1. The molecule has 0 radical (unpaired) electrons. The summed E-state index contributed by atoms with van der Waals surface area (Å²) in [5.41, 5.74) is 0.535. The van der Waals surface area contributed by atoms with Crippen LogP contribution < -0.4 is 4.74 Å². The Morgan fingerprint density at radius 3 is 2.42 bits per heavy atom. The van der Waals surface area contributed by atoms with E-state index in [1.807, 2.05) is 0 Å². The lowest BCUT2D eigenvalue weighted by molar-refractivity contribution is 0.0747. The predicted octanol–water partition coefficient (Wildman–Crippen LogP) is 0.954. The van der Waals surface area contributed by atoms with Crippen molar-refractivity contribution in [2.45, 2.75) is 12.5 Å². The second-order valence-electron chi connectivity index (χ2n) is 4.70. The van der Waals surface area contributed by atoms with Crippen LogP contribution in [0.2, 0.25) is 0 Å². The van der Waals surface area contributed by atoms with E-state index in [9.17, 15) is 13.2 Å². The fourth-order valence-corrected chi connectivity index (χ4v) is 3.96. The first-order valence-electron chi connectivity index (χ1n) is 6.04. The van der Waals surface area contributed by atoms with Gasteiger partial charge >= 0.3 is 0 Å². The molecule has 0 aliphatic carbocycles. The van der Waals surface area contributed by atoms with Gasteiger partial charge in [-0.2, -0.15) is 0 Å². The molecule has 104 valence electrons. The van der Waals surface area contributed by atoms with Crippen LogP contribution >= 0.6 is 0 Å². The minimum Gasteiger partial charge on any atom is -0.497 e. The van der Waals surface area contributed by atoms with Gasteiger partial charge in [-0.15, -0.1) is 0 Å². The summed E-state index contributed by atoms with van der Waals surface area (Å²) in [5, 5.41) is 0. The fraction of sp³-hybridized carbons (Fsp3) is 0.462. The first kappa shape index (κ1) is 13.9. The van der Waals surface area contributed by atoms with Gasteiger partial charge < -0.3 is 9.64 Å². The molecular formula is C13H17NO4S. The number of carbonyl (C=O) groups is 1. The lowest BCUT2D eigenvalue weighted by Gasteiger charge is -2.23. The lowest BCUT2D eigenvalue weighted by atomic mass is 10.1. The molecule has 0 bridgehead atoms. The second kappa shape index (κ2) is 5.21. The molecule has 19 heavy (non-hydrogen) atoms. The highest BCUT2D eigenvalue weighted by atomic mass is 32.2. The largest absolute Gasteiger partial charge is 0.497 e. The van der Waals surface area contributed by atoms with E-state index in [1.165, 1.54) is 4.90 Å². The maximum atomic E-state index is 12.2. The summed E-state index contributed by atoms with van der Waals surface area (Å²) in [6.07, 6.45) is 0.515. The van der Waals surface area contributed by atoms with Gasteiger partial charge in [-0.25, -0.2) is 8.42 Å². The molecule has 6 heteroatoms. The number of rotatable bonds is 3. The number of nitrogens with zero attached hydrogens (tertiary/aromatic N) is 1. The Kier molecular flexibility index (Phi) is 3.80. The molecule has 1 atom stereocenters. The van der Waals surface area contributed by atoms with Crippen molar-refractivity contribution in [2.24, 2.45) is 0 Å². The van der Waals surface area contributed by atoms with E-state index in [-0.39, 0.29) is 23.5 Å². The Bertz CT molecular complexity index is 565. The fourth-order valence-electron chi connectivity index (χ4n) is 2.18. The standard InChI is InChI=1S/C13H17NO4S/c1-14(11-7-8-19(16,17)9-11)13(15)10-3-5-12(18-2)6-4-10/h3-6,11H,7-9H2,1-2H3. The van der Waals surface area contributed by atoms with Gasteiger partial charge in [-0.3, -0.25) is 4.79 Å². The van der Waals surface area contributed by atoms with Gasteiger partial charge in [-0.05, 0) is 30.7 Å². The van der Waals surface area contributed by atoms with Gasteiger partial charge in [0.2, 0.25) is 0 Å². The molecule has 1 aromatic carbocycles. The monoisotopic (exact) mass is 283 g/mol. The number of amides is 1. The third kappa shape index (κ3) is 3.07. The number of ether oxygens (including phenoxy) is 1. The normalized spacial score (nSPS) is 21.1. The lowest BCUT2D eigenvalue weighted by Crippen LogP contribution is -2.37. The second-order valence-corrected chi connectivity index (χ2v) is 6.93. The van der Waals surface area contributed by atoms with Gasteiger partial charge in [0.05, 0.1) is 18.6 Å². The Hall–Kier alpha value is -1.56. The van der Waals surface area contributed by atoms with E-state index in [2.05, 4.69) is 0 Å². The van der Waals surface area contributed by atoms with Crippen LogP contribution in [0, 0.1) is 0 Å². The maximum Gasteiger partial charge on any atom is 0.253 e. The highest BCUT2D eigenvalue weighted by Crippen LogP contribution is 2.19. The molecule has 0 spiro atoms. The summed E-state index contributed by atoms with van der Waals surface area (Å²) in [5.74, 6) is 0.746. The van der Waals surface area contributed by atoms with E-state index < -0.39 is 9.84 Å². The van der Waals surface area contributed by atoms with Crippen molar-refractivity contribution in [2.75, 3.05) is 25.7 Å². The quantitative estimate of drug-likeness (QED) is 0.828. The van der Waals surface area contributed by atoms with Crippen LogP contribution in [0.3, 0.4) is 0 Å². The van der Waals surface area contributed by atoms with Crippen LogP contribution in [0.4, 0.5) is 0 Å². The van der Waals surface area contributed by atoms with E-state index in [4.69, 9.17) is 4.74 Å². The Morgan fingerprint density at radius 2 is 1.95 bits per heavy atom. The Morgan fingerprint density at radius 1 is 1.32 bits per heavy atom. The minimum absolute atomic E-state index is 0.0609. The predicted molar refractivity (Wildman–Crippen MR) is 72.1 cm³/mol. The molecule has 1 saturated heterocycles. The number of hydrogen-bond donors (Lipinski definition) is 0. The van der Waals surface area contributed by atoms with Crippen molar-refractivity contribution < 1.29 is 17.9 Å². The van der Waals surface area contributed by atoms with Gasteiger partial charge in [0.1, 0.15) is 5.75 Å². The molecule has 0 aromatic heterocycles. The molecule has 2 rings (SSSR count). The van der Waals surface area contributed by atoms with Gasteiger partial charge in [0.15, 0.2) is 9.84 Å². The third-order valence-corrected chi connectivity index (χ3v) is 5.16. The molecule has 1 heterocycles. The van der Waals surface area contributed by atoms with Crippen LogP contribution in [0.25, 0.3) is 0 Å². The van der Waals surface area contributed by atoms with Gasteiger partial charge in [0.25, 0.3) is 5.91 Å². The molecule has 5 nitrogen and oxygen atoms in total. The Labute approximate surface area is 113 Å². The average molecular weight is 283 g/mol. The summed E-state index contributed by atoms with van der Waals surface area (Å²) in [6.45, 7) is 0. The maximum absolute atomic E-state index is 12.2. The van der Waals surface area contributed by atoms with E-state index in [0.29, 0.717) is 17.7 Å². The van der Waals surface area contributed by atoms with Crippen LogP contribution in [-0.2, 0) is 9.84 Å². The number of benzene rings is 1. The Balaban J connectivity index is 2.10. The van der Waals surface area contributed by atoms with Crippen LogP contribution in [-0.4, -0.2) is 50.9 Å². The summed E-state index contributed by atoms with van der Waals surface area (Å²) >= 11 is 0. The topological polar surface area (TPSA) is 63.7 Å². The number of methoxy groups -OCH3 is 1. The zero-order valence-electron chi connectivity index (χ0n) is 11.0. The molecule has 1 amide bonds. The van der Waals surface area contributed by atoms with Crippen LogP contribution in [0.5, 0.6) is 5.75 Å². The summed E-state index contributed by atoms with van der Waals surface area (Å²) in [6, 6.07) is 6.57. The first-order valence-corrected chi connectivity index (χ1v) is 7.87. The highest BCUT2D eigenvalue weighted by Gasteiger charge is 2.32. The van der Waals surface area contributed by atoms with E-state index in [1.54, 1.807) is 38.4 Å². The summed E-state index contributed by atoms with van der Waals surface area (Å²) in [4.78, 5) is 13.8. The summed E-state index contributed by atoms with van der Waals surface area (Å²) in [7, 11) is 0.232. The first-order chi connectivity index (χ1) is 8.93. The van der Waals surface area contributed by atoms with Crippen molar-refractivity contribution >= 4 is 15.7 Å². The zero-order valence-corrected chi connectivity index (χ0v) is 11.8. The summed E-state index contributed by atoms with van der Waals surface area (Å²) < 4.78 is 27.9. The zero-order chi connectivity index (χ0) is 14.0. The highest BCUT2D eigenvalue weighted by molar-refractivity contribution is 7.91. The molecule has 1 unspecified atom stereocenters. The molecular weight excluding hydrogens is 266 g/mol. The van der Waals surface area contributed by atoms with E-state index >= 15 is 0 Å².